The number of carbonyl (C=O) groups excluding carboxylic acids is 1. The Labute approximate surface area is 114 Å². The summed E-state index contributed by atoms with van der Waals surface area (Å²) in [4.78, 5) is 12.9. The van der Waals surface area contributed by atoms with E-state index >= 15 is 0 Å². The van der Waals surface area contributed by atoms with E-state index in [4.69, 9.17) is 5.11 Å². The van der Waals surface area contributed by atoms with E-state index in [-0.39, 0.29) is 12.5 Å². The molecule has 1 aromatic rings. The Balaban J connectivity index is 2.65. The summed E-state index contributed by atoms with van der Waals surface area (Å²) in [6.45, 7) is 3.99. The lowest BCUT2D eigenvalue weighted by Gasteiger charge is -2.22. The van der Waals surface area contributed by atoms with Gasteiger partial charge in [0.05, 0.1) is 11.4 Å². The van der Waals surface area contributed by atoms with Crippen molar-refractivity contribution in [3.05, 3.63) is 28.7 Å². The highest BCUT2D eigenvalue weighted by Gasteiger charge is 2.28. The summed E-state index contributed by atoms with van der Waals surface area (Å²) in [6, 6.07) is 7.83. The molecule has 0 fully saturated rings. The van der Waals surface area contributed by atoms with E-state index in [1.807, 2.05) is 38.1 Å². The van der Waals surface area contributed by atoms with Gasteiger partial charge in [-0.3, -0.25) is 4.79 Å². The number of carbonyl (C=O) groups is 1. The van der Waals surface area contributed by atoms with Gasteiger partial charge in [-0.05, 0) is 38.1 Å². The van der Waals surface area contributed by atoms with Crippen LogP contribution in [0.3, 0.4) is 0 Å². The van der Waals surface area contributed by atoms with Gasteiger partial charge in [-0.2, -0.15) is 0 Å². The number of hydrogen-bond donors (Lipinski definition) is 2. The standard InChI is InChI=1S/C12H16BrNO2S/c1-12(2,11(16)14-7-8-15)17-10-5-3-9(13)4-6-10/h3-6,15H,7-8H2,1-2H3,(H,14,16). The topological polar surface area (TPSA) is 49.3 Å². The van der Waals surface area contributed by atoms with Gasteiger partial charge in [-0.1, -0.05) is 15.9 Å². The van der Waals surface area contributed by atoms with E-state index < -0.39 is 4.75 Å². The molecule has 17 heavy (non-hydrogen) atoms. The van der Waals surface area contributed by atoms with Crippen LogP contribution in [0, 0.1) is 0 Å². The van der Waals surface area contributed by atoms with Crippen LogP contribution in [-0.2, 0) is 4.79 Å². The molecule has 0 saturated heterocycles. The minimum absolute atomic E-state index is 0.0369. The quantitative estimate of drug-likeness (QED) is 0.820. The zero-order valence-corrected chi connectivity index (χ0v) is 12.3. The van der Waals surface area contributed by atoms with Crippen LogP contribution in [0.1, 0.15) is 13.8 Å². The van der Waals surface area contributed by atoms with Crippen LogP contribution in [0.2, 0.25) is 0 Å². The molecule has 0 spiro atoms. The molecule has 0 aliphatic heterocycles. The Morgan fingerprint density at radius 1 is 1.41 bits per heavy atom. The van der Waals surface area contributed by atoms with Gasteiger partial charge < -0.3 is 10.4 Å². The first-order chi connectivity index (χ1) is 7.95. The van der Waals surface area contributed by atoms with Crippen molar-refractivity contribution in [2.75, 3.05) is 13.2 Å². The summed E-state index contributed by atoms with van der Waals surface area (Å²) in [6.07, 6.45) is 0. The monoisotopic (exact) mass is 317 g/mol. The first-order valence-electron chi connectivity index (χ1n) is 5.29. The maximum absolute atomic E-state index is 11.8. The van der Waals surface area contributed by atoms with Gasteiger partial charge in [0.1, 0.15) is 0 Å². The minimum atomic E-state index is -0.553. The molecule has 0 atom stereocenters. The summed E-state index contributed by atoms with van der Waals surface area (Å²) in [7, 11) is 0. The second-order valence-corrected chi connectivity index (χ2v) is 6.66. The Morgan fingerprint density at radius 2 is 2.00 bits per heavy atom. The zero-order chi connectivity index (χ0) is 12.9. The highest BCUT2D eigenvalue weighted by atomic mass is 79.9. The molecule has 0 bridgehead atoms. The maximum Gasteiger partial charge on any atom is 0.236 e. The summed E-state index contributed by atoms with van der Waals surface area (Å²) in [5.41, 5.74) is 0. The van der Waals surface area contributed by atoms with Gasteiger partial charge in [-0.15, -0.1) is 11.8 Å². The SMILES string of the molecule is CC(C)(Sc1ccc(Br)cc1)C(=O)NCCO. The number of hydrogen-bond acceptors (Lipinski definition) is 3. The van der Waals surface area contributed by atoms with Crippen LogP contribution in [0.15, 0.2) is 33.6 Å². The highest BCUT2D eigenvalue weighted by Crippen LogP contribution is 2.33. The molecular formula is C12H16BrNO2S. The van der Waals surface area contributed by atoms with Crippen molar-refractivity contribution in [1.29, 1.82) is 0 Å². The molecule has 0 aliphatic rings. The van der Waals surface area contributed by atoms with Crippen molar-refractivity contribution in [2.24, 2.45) is 0 Å². The van der Waals surface area contributed by atoms with Crippen molar-refractivity contribution in [3.8, 4) is 0 Å². The van der Waals surface area contributed by atoms with Gasteiger partial charge in [0.25, 0.3) is 0 Å². The van der Waals surface area contributed by atoms with E-state index in [1.165, 1.54) is 11.8 Å². The summed E-state index contributed by atoms with van der Waals surface area (Å²) in [5, 5.41) is 11.4. The Hall–Kier alpha value is -0.520. The Kier molecular flexibility index (Phi) is 5.49. The highest BCUT2D eigenvalue weighted by molar-refractivity contribution is 9.10. The molecule has 94 valence electrons. The van der Waals surface area contributed by atoms with Crippen LogP contribution in [0.5, 0.6) is 0 Å². The van der Waals surface area contributed by atoms with Gasteiger partial charge >= 0.3 is 0 Å². The molecule has 0 saturated carbocycles. The van der Waals surface area contributed by atoms with Gasteiger partial charge in [0, 0.05) is 15.9 Å². The molecule has 5 heteroatoms. The number of aliphatic hydroxyl groups is 1. The zero-order valence-electron chi connectivity index (χ0n) is 9.87. The van der Waals surface area contributed by atoms with Crippen LogP contribution < -0.4 is 5.32 Å². The molecule has 1 rings (SSSR count). The van der Waals surface area contributed by atoms with Crippen molar-refractivity contribution >= 4 is 33.6 Å². The van der Waals surface area contributed by atoms with Gasteiger partial charge in [-0.25, -0.2) is 0 Å². The lowest BCUT2D eigenvalue weighted by molar-refractivity contribution is -0.122. The number of nitrogens with one attached hydrogen (secondary N) is 1. The number of benzene rings is 1. The average Bonchev–Trinajstić information content (AvgIpc) is 2.28. The molecule has 0 radical (unpaired) electrons. The summed E-state index contributed by atoms with van der Waals surface area (Å²) >= 11 is 4.87. The first-order valence-corrected chi connectivity index (χ1v) is 6.90. The Morgan fingerprint density at radius 3 is 2.53 bits per heavy atom. The predicted octanol–water partition coefficient (Wildman–Crippen LogP) is 2.43. The number of amides is 1. The van der Waals surface area contributed by atoms with Crippen molar-refractivity contribution in [3.63, 3.8) is 0 Å². The van der Waals surface area contributed by atoms with Crippen molar-refractivity contribution in [2.45, 2.75) is 23.5 Å². The maximum atomic E-state index is 11.8. The lowest BCUT2D eigenvalue weighted by Crippen LogP contribution is -2.40. The molecule has 0 aromatic heterocycles. The smallest absolute Gasteiger partial charge is 0.236 e. The van der Waals surface area contributed by atoms with Gasteiger partial charge in [0.15, 0.2) is 0 Å². The van der Waals surface area contributed by atoms with Crippen LogP contribution in [0.4, 0.5) is 0 Å². The normalized spacial score (nSPS) is 11.3. The fourth-order valence-electron chi connectivity index (χ4n) is 1.23. The molecule has 0 heterocycles. The third-order valence-corrected chi connectivity index (χ3v) is 3.86. The number of rotatable bonds is 5. The molecule has 0 unspecified atom stereocenters. The largest absolute Gasteiger partial charge is 0.395 e. The predicted molar refractivity (Wildman–Crippen MR) is 74.2 cm³/mol. The van der Waals surface area contributed by atoms with Gasteiger partial charge in [0.2, 0.25) is 5.91 Å². The third kappa shape index (κ3) is 4.69. The summed E-state index contributed by atoms with van der Waals surface area (Å²) in [5.74, 6) is -0.0699. The van der Waals surface area contributed by atoms with E-state index in [0.717, 1.165) is 9.37 Å². The van der Waals surface area contributed by atoms with Crippen molar-refractivity contribution < 1.29 is 9.90 Å². The molecule has 0 aliphatic carbocycles. The lowest BCUT2D eigenvalue weighted by atomic mass is 10.2. The van der Waals surface area contributed by atoms with E-state index in [1.54, 1.807) is 0 Å². The van der Waals surface area contributed by atoms with E-state index in [9.17, 15) is 4.79 Å². The molecular weight excluding hydrogens is 302 g/mol. The average molecular weight is 318 g/mol. The molecule has 1 aromatic carbocycles. The van der Waals surface area contributed by atoms with E-state index in [0.29, 0.717) is 6.54 Å². The van der Waals surface area contributed by atoms with Crippen LogP contribution in [-0.4, -0.2) is 28.9 Å². The second-order valence-electron chi connectivity index (χ2n) is 4.05. The summed E-state index contributed by atoms with van der Waals surface area (Å²) < 4.78 is 0.465. The molecule has 1 amide bonds. The fourth-order valence-corrected chi connectivity index (χ4v) is 2.52. The number of thioether (sulfide) groups is 1. The third-order valence-electron chi connectivity index (χ3n) is 2.13. The minimum Gasteiger partial charge on any atom is -0.395 e. The Bertz CT molecular complexity index is 379. The van der Waals surface area contributed by atoms with Crippen LogP contribution >= 0.6 is 27.7 Å². The molecule has 2 N–H and O–H groups in total. The molecule has 3 nitrogen and oxygen atoms in total. The fraction of sp³-hybridized carbons (Fsp3) is 0.417. The first kappa shape index (κ1) is 14.5. The number of halogens is 1. The van der Waals surface area contributed by atoms with Crippen LogP contribution in [0.25, 0.3) is 0 Å². The second kappa shape index (κ2) is 6.42. The number of aliphatic hydroxyl groups excluding tert-OH is 1. The van der Waals surface area contributed by atoms with E-state index in [2.05, 4.69) is 21.2 Å². The van der Waals surface area contributed by atoms with Crippen molar-refractivity contribution in [1.82, 2.24) is 5.32 Å².